The summed E-state index contributed by atoms with van der Waals surface area (Å²) in [4.78, 5) is 30.0. The number of carbonyl (C=O) groups is 1. The molecule has 0 spiro atoms. The van der Waals surface area contributed by atoms with Crippen molar-refractivity contribution in [2.24, 2.45) is 0 Å². The fourth-order valence-corrected chi connectivity index (χ4v) is 3.96. The average molecular weight is 483 g/mol. The molecule has 0 unspecified atom stereocenters. The molecule has 2 heterocycles. The van der Waals surface area contributed by atoms with Crippen LogP contribution in [-0.4, -0.2) is 20.0 Å². The maximum Gasteiger partial charge on any atom is 0.263 e. The van der Waals surface area contributed by atoms with Gasteiger partial charge in [0.2, 0.25) is 5.91 Å². The third-order valence-electron chi connectivity index (χ3n) is 5.28. The number of aryl methyl sites for hydroxylation is 2. The zero-order valence-corrected chi connectivity index (χ0v) is 18.6. The number of benzene rings is 2. The summed E-state index contributed by atoms with van der Waals surface area (Å²) in [5.41, 5.74) is 3.12. The SMILES string of the molecule is Cc1c(C)n(-c2cccc(F)c2)c2ncn(CCC(=O)Nc3ccccc3Br)c(=O)c12. The van der Waals surface area contributed by atoms with Crippen LogP contribution in [0, 0.1) is 19.7 Å². The number of nitrogens with zero attached hydrogens (tertiary/aromatic N) is 3. The van der Waals surface area contributed by atoms with E-state index in [2.05, 4.69) is 26.2 Å². The first kappa shape index (κ1) is 21.0. The fraction of sp³-hybridized carbons (Fsp3) is 0.174. The summed E-state index contributed by atoms with van der Waals surface area (Å²) < 4.78 is 17.7. The molecule has 0 saturated carbocycles. The minimum absolute atomic E-state index is 0.122. The number of hydrogen-bond donors (Lipinski definition) is 1. The Kier molecular flexibility index (Phi) is 5.73. The summed E-state index contributed by atoms with van der Waals surface area (Å²) in [6.45, 7) is 3.92. The van der Waals surface area contributed by atoms with Crippen LogP contribution in [0.4, 0.5) is 10.1 Å². The number of halogens is 2. The van der Waals surface area contributed by atoms with Gasteiger partial charge in [-0.1, -0.05) is 18.2 Å². The second-order valence-electron chi connectivity index (χ2n) is 7.25. The molecule has 0 atom stereocenters. The van der Waals surface area contributed by atoms with Gasteiger partial charge in [0.15, 0.2) is 5.65 Å². The number of para-hydroxylation sites is 1. The first-order valence-electron chi connectivity index (χ1n) is 9.74. The zero-order chi connectivity index (χ0) is 22.1. The van der Waals surface area contributed by atoms with Gasteiger partial charge in [-0.3, -0.25) is 18.7 Å². The molecule has 4 aromatic rings. The summed E-state index contributed by atoms with van der Waals surface area (Å²) >= 11 is 3.39. The van der Waals surface area contributed by atoms with Crippen LogP contribution in [-0.2, 0) is 11.3 Å². The highest BCUT2D eigenvalue weighted by molar-refractivity contribution is 9.10. The Balaban J connectivity index is 1.63. The largest absolute Gasteiger partial charge is 0.325 e. The van der Waals surface area contributed by atoms with Crippen molar-refractivity contribution in [3.63, 3.8) is 0 Å². The molecule has 0 radical (unpaired) electrons. The van der Waals surface area contributed by atoms with Crippen molar-refractivity contribution in [2.45, 2.75) is 26.8 Å². The lowest BCUT2D eigenvalue weighted by Gasteiger charge is -2.10. The maximum atomic E-state index is 13.8. The molecule has 6 nitrogen and oxygen atoms in total. The van der Waals surface area contributed by atoms with Gasteiger partial charge in [-0.25, -0.2) is 9.37 Å². The quantitative estimate of drug-likeness (QED) is 0.446. The molecule has 0 saturated heterocycles. The predicted octanol–water partition coefficient (Wildman–Crippen LogP) is 4.73. The molecule has 0 aliphatic carbocycles. The lowest BCUT2D eigenvalue weighted by atomic mass is 10.2. The first-order valence-corrected chi connectivity index (χ1v) is 10.5. The van der Waals surface area contributed by atoms with E-state index in [0.29, 0.717) is 22.4 Å². The van der Waals surface area contributed by atoms with Crippen molar-refractivity contribution < 1.29 is 9.18 Å². The molecule has 8 heteroatoms. The lowest BCUT2D eigenvalue weighted by Crippen LogP contribution is -2.24. The lowest BCUT2D eigenvalue weighted by molar-refractivity contribution is -0.116. The molecule has 158 valence electrons. The van der Waals surface area contributed by atoms with Gasteiger partial charge in [0, 0.05) is 23.1 Å². The highest BCUT2D eigenvalue weighted by atomic mass is 79.9. The van der Waals surface area contributed by atoms with E-state index in [0.717, 1.165) is 15.7 Å². The molecule has 0 aliphatic rings. The smallest absolute Gasteiger partial charge is 0.263 e. The Labute approximate surface area is 186 Å². The number of hydrogen-bond acceptors (Lipinski definition) is 3. The zero-order valence-electron chi connectivity index (χ0n) is 17.0. The van der Waals surface area contributed by atoms with Gasteiger partial charge in [-0.2, -0.15) is 0 Å². The van der Waals surface area contributed by atoms with E-state index in [1.54, 1.807) is 22.8 Å². The van der Waals surface area contributed by atoms with E-state index in [1.165, 1.54) is 23.0 Å². The monoisotopic (exact) mass is 482 g/mol. The van der Waals surface area contributed by atoms with E-state index in [9.17, 15) is 14.0 Å². The Morgan fingerprint density at radius 1 is 1.16 bits per heavy atom. The summed E-state index contributed by atoms with van der Waals surface area (Å²) in [7, 11) is 0. The van der Waals surface area contributed by atoms with E-state index >= 15 is 0 Å². The molecule has 0 fully saturated rings. The van der Waals surface area contributed by atoms with E-state index in [-0.39, 0.29) is 30.2 Å². The number of nitrogens with one attached hydrogen (secondary N) is 1. The Morgan fingerprint density at radius 2 is 1.94 bits per heavy atom. The van der Waals surface area contributed by atoms with Crippen LogP contribution < -0.4 is 10.9 Å². The molecule has 1 amide bonds. The number of anilines is 1. The number of fused-ring (bicyclic) bond motifs is 1. The standard InChI is InChI=1S/C23H20BrFN4O2/c1-14-15(2)29(17-7-5-6-16(25)12-17)22-21(14)23(31)28(13-26-22)11-10-20(30)27-19-9-4-3-8-18(19)24/h3-9,12-13H,10-11H2,1-2H3,(H,27,30). The third-order valence-corrected chi connectivity index (χ3v) is 5.97. The average Bonchev–Trinajstić information content (AvgIpc) is 3.00. The topological polar surface area (TPSA) is 68.9 Å². The second kappa shape index (κ2) is 8.47. The summed E-state index contributed by atoms with van der Waals surface area (Å²) in [5.74, 6) is -0.565. The van der Waals surface area contributed by atoms with Crippen LogP contribution in [0.5, 0.6) is 0 Å². The molecule has 4 rings (SSSR count). The molecule has 0 bridgehead atoms. The van der Waals surface area contributed by atoms with Gasteiger partial charge >= 0.3 is 0 Å². The highest BCUT2D eigenvalue weighted by Gasteiger charge is 2.18. The third kappa shape index (κ3) is 4.03. The molecular weight excluding hydrogens is 463 g/mol. The van der Waals surface area contributed by atoms with Crippen LogP contribution in [0.2, 0.25) is 0 Å². The van der Waals surface area contributed by atoms with Gasteiger partial charge in [0.25, 0.3) is 5.56 Å². The molecular formula is C23H20BrFN4O2. The molecule has 1 N–H and O–H groups in total. The van der Waals surface area contributed by atoms with Crippen LogP contribution >= 0.6 is 15.9 Å². The number of amides is 1. The number of aromatic nitrogens is 3. The van der Waals surface area contributed by atoms with E-state index in [4.69, 9.17) is 0 Å². The summed E-state index contributed by atoms with van der Waals surface area (Å²) in [6, 6.07) is 13.5. The normalized spacial score (nSPS) is 11.1. The van der Waals surface area contributed by atoms with Crippen LogP contribution in [0.25, 0.3) is 16.7 Å². The van der Waals surface area contributed by atoms with Crippen LogP contribution in [0.15, 0.2) is 64.1 Å². The summed E-state index contributed by atoms with van der Waals surface area (Å²) in [6.07, 6.45) is 1.56. The van der Waals surface area contributed by atoms with Crippen LogP contribution in [0.3, 0.4) is 0 Å². The Morgan fingerprint density at radius 3 is 2.68 bits per heavy atom. The van der Waals surface area contributed by atoms with Crippen LogP contribution in [0.1, 0.15) is 17.7 Å². The maximum absolute atomic E-state index is 13.8. The van der Waals surface area contributed by atoms with Gasteiger partial charge in [0.1, 0.15) is 5.82 Å². The fourth-order valence-electron chi connectivity index (χ4n) is 3.57. The van der Waals surface area contributed by atoms with Crippen molar-refractivity contribution in [1.29, 1.82) is 0 Å². The van der Waals surface area contributed by atoms with E-state index < -0.39 is 0 Å². The van der Waals surface area contributed by atoms with Crippen molar-refractivity contribution >= 4 is 38.6 Å². The van der Waals surface area contributed by atoms with Crippen molar-refractivity contribution in [3.05, 3.63) is 86.8 Å². The number of rotatable bonds is 5. The second-order valence-corrected chi connectivity index (χ2v) is 8.10. The molecule has 31 heavy (non-hydrogen) atoms. The summed E-state index contributed by atoms with van der Waals surface area (Å²) in [5, 5.41) is 3.30. The molecule has 2 aromatic carbocycles. The van der Waals surface area contributed by atoms with E-state index in [1.807, 2.05) is 32.0 Å². The minimum Gasteiger partial charge on any atom is -0.325 e. The van der Waals surface area contributed by atoms with Crippen molar-refractivity contribution in [3.8, 4) is 5.69 Å². The number of carbonyl (C=O) groups excluding carboxylic acids is 1. The van der Waals surface area contributed by atoms with Crippen molar-refractivity contribution in [1.82, 2.24) is 14.1 Å². The molecule has 2 aromatic heterocycles. The highest BCUT2D eigenvalue weighted by Crippen LogP contribution is 2.25. The van der Waals surface area contributed by atoms with Gasteiger partial charge in [-0.15, -0.1) is 0 Å². The molecule has 0 aliphatic heterocycles. The Hall–Kier alpha value is -3.26. The van der Waals surface area contributed by atoms with Gasteiger partial charge < -0.3 is 5.32 Å². The predicted molar refractivity (Wildman–Crippen MR) is 122 cm³/mol. The van der Waals surface area contributed by atoms with Gasteiger partial charge in [-0.05, 0) is 65.7 Å². The van der Waals surface area contributed by atoms with Gasteiger partial charge in [0.05, 0.1) is 23.1 Å². The minimum atomic E-state index is -0.360. The Bertz CT molecular complexity index is 1360. The first-order chi connectivity index (χ1) is 14.9. The van der Waals surface area contributed by atoms with Crippen molar-refractivity contribution in [2.75, 3.05) is 5.32 Å².